The van der Waals surface area contributed by atoms with Crippen LogP contribution < -0.4 is 4.74 Å². The van der Waals surface area contributed by atoms with Crippen molar-refractivity contribution >= 4 is 10.9 Å². The van der Waals surface area contributed by atoms with Gasteiger partial charge in [0.25, 0.3) is 0 Å². The lowest BCUT2D eigenvalue weighted by molar-refractivity contribution is 0.415. The average Bonchev–Trinajstić information content (AvgIpc) is 2.82. The van der Waals surface area contributed by atoms with E-state index in [1.807, 2.05) is 24.3 Å². The van der Waals surface area contributed by atoms with Gasteiger partial charge in [0.2, 0.25) is 0 Å². The summed E-state index contributed by atoms with van der Waals surface area (Å²) in [7, 11) is 1.60. The molecular weight excluding hydrogens is 248 g/mol. The van der Waals surface area contributed by atoms with Crippen LogP contribution in [0.15, 0.2) is 42.5 Å². The molecule has 4 heteroatoms. The molecule has 0 atom stereocenters. The molecule has 0 radical (unpaired) electrons. The van der Waals surface area contributed by atoms with E-state index in [9.17, 15) is 8.78 Å². The number of benzene rings is 2. The van der Waals surface area contributed by atoms with E-state index in [0.29, 0.717) is 10.9 Å². The van der Waals surface area contributed by atoms with Crippen LogP contribution in [0.2, 0.25) is 0 Å². The smallest absolute Gasteiger partial charge is 0.160 e. The Morgan fingerprint density at radius 2 is 1.63 bits per heavy atom. The third kappa shape index (κ3) is 2.05. The van der Waals surface area contributed by atoms with Gasteiger partial charge in [-0.2, -0.15) is 0 Å². The van der Waals surface area contributed by atoms with Gasteiger partial charge in [-0.05, 0) is 42.0 Å². The Labute approximate surface area is 108 Å². The second-order valence-corrected chi connectivity index (χ2v) is 4.27. The number of aromatic nitrogens is 1. The summed E-state index contributed by atoms with van der Waals surface area (Å²) < 4.78 is 31.4. The zero-order valence-electron chi connectivity index (χ0n) is 10.2. The molecule has 0 aliphatic rings. The van der Waals surface area contributed by atoms with Crippen molar-refractivity contribution in [2.45, 2.75) is 0 Å². The summed E-state index contributed by atoms with van der Waals surface area (Å²) in [5, 5.41) is 0.643. The zero-order chi connectivity index (χ0) is 13.4. The van der Waals surface area contributed by atoms with Gasteiger partial charge in [-0.25, -0.2) is 8.78 Å². The molecule has 0 amide bonds. The van der Waals surface area contributed by atoms with Gasteiger partial charge in [0, 0.05) is 22.7 Å². The number of rotatable bonds is 2. The first kappa shape index (κ1) is 11.7. The molecule has 1 heterocycles. The highest BCUT2D eigenvalue weighted by atomic mass is 19.2. The van der Waals surface area contributed by atoms with E-state index in [4.69, 9.17) is 4.74 Å². The number of nitrogens with one attached hydrogen (secondary N) is 1. The third-order valence-corrected chi connectivity index (χ3v) is 3.06. The van der Waals surface area contributed by atoms with Gasteiger partial charge in [-0.15, -0.1) is 0 Å². The van der Waals surface area contributed by atoms with Crippen molar-refractivity contribution in [3.8, 4) is 17.0 Å². The number of ether oxygens (including phenoxy) is 1. The molecule has 0 fully saturated rings. The zero-order valence-corrected chi connectivity index (χ0v) is 10.2. The molecule has 1 aromatic heterocycles. The molecule has 0 saturated heterocycles. The fourth-order valence-corrected chi connectivity index (χ4v) is 2.05. The standard InChI is InChI=1S/C15H11F2NO/c1-19-11-4-2-9(3-5-11)14-7-10-6-12(16)13(17)8-15(10)18-14/h2-8,18H,1H3. The number of halogens is 2. The first-order valence-corrected chi connectivity index (χ1v) is 5.79. The van der Waals surface area contributed by atoms with Gasteiger partial charge < -0.3 is 9.72 Å². The first-order valence-electron chi connectivity index (χ1n) is 5.79. The summed E-state index contributed by atoms with van der Waals surface area (Å²) in [6, 6.07) is 11.6. The van der Waals surface area contributed by atoms with Crippen LogP contribution in [-0.2, 0) is 0 Å². The molecule has 0 aliphatic carbocycles. The van der Waals surface area contributed by atoms with Crippen LogP contribution in [0.25, 0.3) is 22.2 Å². The normalized spacial score (nSPS) is 10.9. The van der Waals surface area contributed by atoms with Crippen molar-refractivity contribution in [1.82, 2.24) is 4.98 Å². The average molecular weight is 259 g/mol. The molecule has 0 unspecified atom stereocenters. The number of methoxy groups -OCH3 is 1. The molecule has 0 saturated carbocycles. The van der Waals surface area contributed by atoms with Crippen molar-refractivity contribution < 1.29 is 13.5 Å². The van der Waals surface area contributed by atoms with Crippen LogP contribution >= 0.6 is 0 Å². The lowest BCUT2D eigenvalue weighted by atomic mass is 10.1. The molecule has 1 N–H and O–H groups in total. The minimum absolute atomic E-state index is 0.574. The van der Waals surface area contributed by atoms with Crippen LogP contribution in [0.1, 0.15) is 0 Å². The number of hydrogen-bond donors (Lipinski definition) is 1. The molecule has 0 spiro atoms. The highest BCUT2D eigenvalue weighted by Crippen LogP contribution is 2.27. The SMILES string of the molecule is COc1ccc(-c2cc3cc(F)c(F)cc3[nH]2)cc1. The van der Waals surface area contributed by atoms with Gasteiger partial charge in [-0.1, -0.05) is 0 Å². The van der Waals surface area contributed by atoms with Crippen molar-refractivity contribution in [3.05, 3.63) is 54.1 Å². The Balaban J connectivity index is 2.09. The largest absolute Gasteiger partial charge is 0.497 e. The van der Waals surface area contributed by atoms with E-state index < -0.39 is 11.6 Å². The summed E-state index contributed by atoms with van der Waals surface area (Å²) in [4.78, 5) is 3.07. The monoisotopic (exact) mass is 259 g/mol. The van der Waals surface area contributed by atoms with E-state index in [1.54, 1.807) is 13.2 Å². The molecule has 2 nitrogen and oxygen atoms in total. The van der Waals surface area contributed by atoms with Crippen molar-refractivity contribution in [3.63, 3.8) is 0 Å². The van der Waals surface area contributed by atoms with Gasteiger partial charge >= 0.3 is 0 Å². The summed E-state index contributed by atoms with van der Waals surface area (Å²) in [6.45, 7) is 0. The second kappa shape index (κ2) is 4.39. The van der Waals surface area contributed by atoms with Crippen LogP contribution in [0.3, 0.4) is 0 Å². The molecule has 96 valence electrons. The Bertz CT molecular complexity index is 693. The minimum atomic E-state index is -0.851. The fourth-order valence-electron chi connectivity index (χ4n) is 2.05. The lowest BCUT2D eigenvalue weighted by Crippen LogP contribution is -1.83. The molecule has 3 rings (SSSR count). The molecular formula is C15H11F2NO. The maximum absolute atomic E-state index is 13.2. The highest BCUT2D eigenvalue weighted by Gasteiger charge is 2.08. The molecule has 3 aromatic rings. The quantitative estimate of drug-likeness (QED) is 0.735. The number of fused-ring (bicyclic) bond motifs is 1. The summed E-state index contributed by atoms with van der Waals surface area (Å²) >= 11 is 0. The number of aromatic amines is 1. The Morgan fingerprint density at radius 3 is 2.32 bits per heavy atom. The maximum Gasteiger partial charge on any atom is 0.160 e. The van der Waals surface area contributed by atoms with Crippen molar-refractivity contribution in [1.29, 1.82) is 0 Å². The second-order valence-electron chi connectivity index (χ2n) is 4.27. The molecule has 19 heavy (non-hydrogen) atoms. The van der Waals surface area contributed by atoms with Crippen molar-refractivity contribution in [2.75, 3.05) is 7.11 Å². The van der Waals surface area contributed by atoms with Crippen molar-refractivity contribution in [2.24, 2.45) is 0 Å². The fraction of sp³-hybridized carbons (Fsp3) is 0.0667. The Kier molecular flexibility index (Phi) is 2.71. The number of hydrogen-bond acceptors (Lipinski definition) is 1. The van der Waals surface area contributed by atoms with E-state index in [-0.39, 0.29) is 0 Å². The van der Waals surface area contributed by atoms with Gasteiger partial charge in [0.15, 0.2) is 11.6 Å². The summed E-state index contributed by atoms with van der Waals surface area (Å²) in [6.07, 6.45) is 0. The van der Waals surface area contributed by atoms with Gasteiger partial charge in [0.05, 0.1) is 7.11 Å². The Hall–Kier alpha value is -2.36. The van der Waals surface area contributed by atoms with E-state index in [0.717, 1.165) is 23.1 Å². The summed E-state index contributed by atoms with van der Waals surface area (Å²) in [5.74, 6) is -0.930. The van der Waals surface area contributed by atoms with Crippen LogP contribution in [0.4, 0.5) is 8.78 Å². The van der Waals surface area contributed by atoms with E-state index >= 15 is 0 Å². The predicted molar refractivity (Wildman–Crippen MR) is 70.2 cm³/mol. The third-order valence-electron chi connectivity index (χ3n) is 3.06. The van der Waals surface area contributed by atoms with Crippen LogP contribution in [-0.4, -0.2) is 12.1 Å². The predicted octanol–water partition coefficient (Wildman–Crippen LogP) is 4.12. The molecule has 0 aliphatic heterocycles. The molecule has 2 aromatic carbocycles. The first-order chi connectivity index (χ1) is 9.17. The lowest BCUT2D eigenvalue weighted by Gasteiger charge is -2.01. The maximum atomic E-state index is 13.2. The topological polar surface area (TPSA) is 25.0 Å². The van der Waals surface area contributed by atoms with Gasteiger partial charge in [0.1, 0.15) is 5.75 Å². The van der Waals surface area contributed by atoms with Crippen LogP contribution in [0.5, 0.6) is 5.75 Å². The van der Waals surface area contributed by atoms with Crippen LogP contribution in [0, 0.1) is 11.6 Å². The van der Waals surface area contributed by atoms with E-state index in [1.165, 1.54) is 6.07 Å². The molecule has 0 bridgehead atoms. The van der Waals surface area contributed by atoms with E-state index in [2.05, 4.69) is 4.98 Å². The Morgan fingerprint density at radius 1 is 0.947 bits per heavy atom. The minimum Gasteiger partial charge on any atom is -0.497 e. The summed E-state index contributed by atoms with van der Waals surface area (Å²) in [5.41, 5.74) is 2.31. The number of H-pyrrole nitrogens is 1. The highest BCUT2D eigenvalue weighted by molar-refractivity contribution is 5.86. The van der Waals surface area contributed by atoms with Gasteiger partial charge in [-0.3, -0.25) is 0 Å².